The topological polar surface area (TPSA) is 95.9 Å². The molecular weight excluding hydrogens is 279 g/mol. The van der Waals surface area contributed by atoms with Crippen LogP contribution in [0, 0.1) is 0 Å². The normalized spacial score (nSPS) is 11.3. The largest absolute Gasteiger partial charge is 0.477 e. The first-order valence-electron chi connectivity index (χ1n) is 5.15. The van der Waals surface area contributed by atoms with E-state index in [4.69, 9.17) is 5.11 Å². The molecule has 2 rings (SSSR count). The number of aromatic carboxylic acids is 1. The van der Waals surface area contributed by atoms with Crippen LogP contribution >= 0.6 is 0 Å². The Morgan fingerprint density at radius 1 is 1.30 bits per heavy atom. The molecule has 0 aliphatic rings. The summed E-state index contributed by atoms with van der Waals surface area (Å²) in [6, 6.07) is 2.79. The van der Waals surface area contributed by atoms with Crippen molar-refractivity contribution < 1.29 is 23.1 Å². The lowest BCUT2D eigenvalue weighted by molar-refractivity contribution is -0.141. The quantitative estimate of drug-likeness (QED) is 0.872. The standard InChI is InChI=1S/C11H6F3N3O3/c12-11(13,14)8-2-1-5(4-15-8)7-3-6(10(19)20)9(18)17-16-7/h1-4H,(H,17,18)(H,19,20). The van der Waals surface area contributed by atoms with Crippen LogP contribution in [0.2, 0.25) is 0 Å². The molecule has 2 N–H and O–H groups in total. The Hall–Kier alpha value is -2.71. The van der Waals surface area contributed by atoms with Gasteiger partial charge in [-0.15, -0.1) is 0 Å². The number of carboxylic acids is 1. The number of aromatic nitrogens is 3. The van der Waals surface area contributed by atoms with E-state index < -0.39 is 29.0 Å². The predicted molar refractivity (Wildman–Crippen MR) is 60.0 cm³/mol. The number of carbonyl (C=O) groups is 1. The summed E-state index contributed by atoms with van der Waals surface area (Å²) in [5.41, 5.74) is -2.39. The number of carboxylic acid groups (broad SMARTS) is 1. The predicted octanol–water partition coefficient (Wildman–Crippen LogP) is 1.55. The number of nitrogens with one attached hydrogen (secondary N) is 1. The molecule has 6 nitrogen and oxygen atoms in total. The third-order valence-electron chi connectivity index (χ3n) is 2.38. The Bertz CT molecular complexity index is 707. The molecule has 0 atom stereocenters. The highest BCUT2D eigenvalue weighted by Crippen LogP contribution is 2.28. The lowest BCUT2D eigenvalue weighted by Gasteiger charge is -2.06. The summed E-state index contributed by atoms with van der Waals surface area (Å²) in [6.07, 6.45) is -3.67. The fourth-order valence-corrected chi connectivity index (χ4v) is 1.43. The zero-order chi connectivity index (χ0) is 14.9. The molecule has 0 aliphatic heterocycles. The molecule has 0 aromatic carbocycles. The fraction of sp³-hybridized carbons (Fsp3) is 0.0909. The number of alkyl halides is 3. The van der Waals surface area contributed by atoms with Gasteiger partial charge in [0.15, 0.2) is 0 Å². The number of aromatic amines is 1. The van der Waals surface area contributed by atoms with Gasteiger partial charge in [-0.25, -0.2) is 9.89 Å². The Balaban J connectivity index is 2.45. The Morgan fingerprint density at radius 2 is 2.00 bits per heavy atom. The van der Waals surface area contributed by atoms with Gasteiger partial charge in [0.1, 0.15) is 11.3 Å². The Labute approximate surface area is 108 Å². The van der Waals surface area contributed by atoms with Crippen LogP contribution < -0.4 is 5.56 Å². The minimum atomic E-state index is -4.57. The van der Waals surface area contributed by atoms with Crippen molar-refractivity contribution in [3.05, 3.63) is 46.0 Å². The van der Waals surface area contributed by atoms with E-state index in [0.29, 0.717) is 0 Å². The van der Waals surface area contributed by atoms with Crippen LogP contribution in [-0.2, 0) is 6.18 Å². The molecule has 104 valence electrons. The molecule has 0 radical (unpaired) electrons. The summed E-state index contributed by atoms with van der Waals surface area (Å²) in [5, 5.41) is 14.3. The van der Waals surface area contributed by atoms with Crippen LogP contribution in [0.15, 0.2) is 29.2 Å². The number of nitrogens with zero attached hydrogens (tertiary/aromatic N) is 2. The molecule has 0 fully saturated rings. The van der Waals surface area contributed by atoms with Crippen molar-refractivity contribution >= 4 is 5.97 Å². The van der Waals surface area contributed by atoms with E-state index in [1.165, 1.54) is 0 Å². The first-order chi connectivity index (χ1) is 9.29. The molecule has 2 aromatic rings. The highest BCUT2D eigenvalue weighted by Gasteiger charge is 2.32. The molecule has 0 bridgehead atoms. The molecule has 0 spiro atoms. The third kappa shape index (κ3) is 2.66. The maximum Gasteiger partial charge on any atom is 0.433 e. The van der Waals surface area contributed by atoms with Gasteiger partial charge >= 0.3 is 12.1 Å². The van der Waals surface area contributed by atoms with Crippen molar-refractivity contribution in [2.45, 2.75) is 6.18 Å². The van der Waals surface area contributed by atoms with Crippen molar-refractivity contribution in [1.29, 1.82) is 0 Å². The van der Waals surface area contributed by atoms with Crippen molar-refractivity contribution in [3.63, 3.8) is 0 Å². The Kier molecular flexibility index (Phi) is 3.26. The second-order valence-corrected chi connectivity index (χ2v) is 3.73. The van der Waals surface area contributed by atoms with Crippen LogP contribution in [-0.4, -0.2) is 26.3 Å². The van der Waals surface area contributed by atoms with Crippen molar-refractivity contribution in [3.8, 4) is 11.3 Å². The molecular formula is C11H6F3N3O3. The van der Waals surface area contributed by atoms with Gasteiger partial charge in [-0.05, 0) is 18.2 Å². The van der Waals surface area contributed by atoms with Crippen molar-refractivity contribution in [2.24, 2.45) is 0 Å². The molecule has 9 heteroatoms. The van der Waals surface area contributed by atoms with Crippen LogP contribution in [0.5, 0.6) is 0 Å². The van der Waals surface area contributed by atoms with Crippen molar-refractivity contribution in [1.82, 2.24) is 15.2 Å². The van der Waals surface area contributed by atoms with Gasteiger partial charge < -0.3 is 5.11 Å². The molecule has 0 amide bonds. The summed E-state index contributed by atoms with van der Waals surface area (Å²) in [6.45, 7) is 0. The zero-order valence-corrected chi connectivity index (χ0v) is 9.60. The van der Waals surface area contributed by atoms with Gasteiger partial charge in [0, 0.05) is 11.8 Å². The number of hydrogen-bond acceptors (Lipinski definition) is 4. The van der Waals surface area contributed by atoms with Gasteiger partial charge in [-0.1, -0.05) is 0 Å². The molecule has 0 saturated carbocycles. The van der Waals surface area contributed by atoms with Crippen LogP contribution in [0.25, 0.3) is 11.3 Å². The molecule has 20 heavy (non-hydrogen) atoms. The smallest absolute Gasteiger partial charge is 0.433 e. The summed E-state index contributed by atoms with van der Waals surface area (Å²) < 4.78 is 37.0. The molecule has 2 aromatic heterocycles. The minimum absolute atomic E-state index is 0.00299. The van der Waals surface area contributed by atoms with E-state index >= 15 is 0 Å². The van der Waals surface area contributed by atoms with Gasteiger partial charge in [-0.3, -0.25) is 9.78 Å². The van der Waals surface area contributed by atoms with E-state index in [1.807, 2.05) is 5.10 Å². The van der Waals surface area contributed by atoms with Gasteiger partial charge in [-0.2, -0.15) is 18.3 Å². The number of rotatable bonds is 2. The average Bonchev–Trinajstić information content (AvgIpc) is 2.38. The van der Waals surface area contributed by atoms with Gasteiger partial charge in [0.25, 0.3) is 5.56 Å². The van der Waals surface area contributed by atoms with E-state index in [0.717, 1.165) is 24.4 Å². The van der Waals surface area contributed by atoms with E-state index in [2.05, 4.69) is 10.1 Å². The van der Waals surface area contributed by atoms with Crippen LogP contribution in [0.3, 0.4) is 0 Å². The lowest BCUT2D eigenvalue weighted by atomic mass is 10.1. The molecule has 0 aliphatic carbocycles. The highest BCUT2D eigenvalue weighted by atomic mass is 19.4. The number of halogens is 3. The van der Waals surface area contributed by atoms with Gasteiger partial charge in [0.05, 0.1) is 5.69 Å². The van der Waals surface area contributed by atoms with Crippen LogP contribution in [0.1, 0.15) is 16.1 Å². The summed E-state index contributed by atoms with van der Waals surface area (Å²) in [7, 11) is 0. The molecule has 0 unspecified atom stereocenters. The maximum absolute atomic E-state index is 12.3. The monoisotopic (exact) mass is 285 g/mol. The first-order valence-corrected chi connectivity index (χ1v) is 5.15. The van der Waals surface area contributed by atoms with Gasteiger partial charge in [0.2, 0.25) is 0 Å². The number of H-pyrrole nitrogens is 1. The summed E-state index contributed by atoms with van der Waals surface area (Å²) in [4.78, 5) is 25.2. The lowest BCUT2D eigenvalue weighted by Crippen LogP contribution is -2.18. The number of hydrogen-bond donors (Lipinski definition) is 2. The van der Waals surface area contributed by atoms with Crippen molar-refractivity contribution in [2.75, 3.05) is 0 Å². The minimum Gasteiger partial charge on any atom is -0.477 e. The summed E-state index contributed by atoms with van der Waals surface area (Å²) >= 11 is 0. The fourth-order valence-electron chi connectivity index (χ4n) is 1.43. The third-order valence-corrected chi connectivity index (χ3v) is 2.38. The second kappa shape index (κ2) is 4.76. The number of pyridine rings is 1. The zero-order valence-electron chi connectivity index (χ0n) is 9.60. The molecule has 2 heterocycles. The Morgan fingerprint density at radius 3 is 2.50 bits per heavy atom. The SMILES string of the molecule is O=C(O)c1cc(-c2ccc(C(F)(F)F)nc2)n[nH]c1=O. The highest BCUT2D eigenvalue weighted by molar-refractivity contribution is 5.88. The summed E-state index contributed by atoms with van der Waals surface area (Å²) in [5.74, 6) is -1.46. The first kappa shape index (κ1) is 13.7. The average molecular weight is 285 g/mol. The maximum atomic E-state index is 12.3. The van der Waals surface area contributed by atoms with Crippen LogP contribution in [0.4, 0.5) is 13.2 Å². The van der Waals surface area contributed by atoms with E-state index in [1.54, 1.807) is 0 Å². The van der Waals surface area contributed by atoms with E-state index in [9.17, 15) is 22.8 Å². The second-order valence-electron chi connectivity index (χ2n) is 3.73. The molecule has 0 saturated heterocycles. The van der Waals surface area contributed by atoms with E-state index in [-0.39, 0.29) is 11.3 Å².